The maximum atomic E-state index is 14.9. The molecule has 0 aliphatic carbocycles. The lowest BCUT2D eigenvalue weighted by Gasteiger charge is -2.28. The van der Waals surface area contributed by atoms with Crippen molar-refractivity contribution in [2.75, 3.05) is 0 Å². The molecule has 5 aromatic rings. The monoisotopic (exact) mass is 613 g/mol. The molecular formula is C43H48FNO. The third-order valence-electron chi connectivity index (χ3n) is 9.17. The lowest BCUT2D eigenvalue weighted by Crippen LogP contribution is -2.22. The number of rotatable bonds is 5. The topological polar surface area (TPSA) is 30.0 Å². The van der Waals surface area contributed by atoms with Crippen LogP contribution in [0.1, 0.15) is 87.3 Å². The molecule has 0 bridgehead atoms. The molecule has 1 heterocycles. The highest BCUT2D eigenvalue weighted by atomic mass is 19.1. The van der Waals surface area contributed by atoms with E-state index >= 15 is 0 Å². The number of pyridine rings is 1. The van der Waals surface area contributed by atoms with Gasteiger partial charge in [0.05, 0.1) is 5.69 Å². The fourth-order valence-electron chi connectivity index (χ4n) is 6.49. The second-order valence-electron chi connectivity index (χ2n) is 16.0. The van der Waals surface area contributed by atoms with Crippen molar-refractivity contribution in [3.05, 3.63) is 108 Å². The summed E-state index contributed by atoms with van der Waals surface area (Å²) in [6.07, 6.45) is 5.87. The van der Waals surface area contributed by atoms with Crippen LogP contribution in [0.3, 0.4) is 0 Å². The summed E-state index contributed by atoms with van der Waals surface area (Å²) in [4.78, 5) is 17.9. The van der Waals surface area contributed by atoms with Crippen molar-refractivity contribution >= 4 is 43.7 Å². The highest BCUT2D eigenvalue weighted by Crippen LogP contribution is 2.40. The summed E-state index contributed by atoms with van der Waals surface area (Å²) in [6, 6.07) is 22.5. The molecule has 2 nitrogen and oxygen atoms in total. The number of aromatic nitrogens is 1. The standard InChI is InChI=1S/C43H48FNO/c1-26(22-27(2)38(42(6,7)8)25-39(46)43(9,10)11)31-17-14-30(44)24-37(31)40-36-19-18-33-32-16-13-29(41(3,4)5)23-28(32)12-15-34(33)35(36)20-21-45-40/h12-25,27H,1-11H3/b26-22+,38-25+. The van der Waals surface area contributed by atoms with E-state index in [1.54, 1.807) is 6.07 Å². The predicted octanol–water partition coefficient (Wildman–Crippen LogP) is 12.3. The third kappa shape index (κ3) is 6.56. The molecule has 0 aliphatic rings. The molecule has 0 radical (unpaired) electrons. The van der Waals surface area contributed by atoms with Crippen molar-refractivity contribution in [3.63, 3.8) is 0 Å². The van der Waals surface area contributed by atoms with Crippen molar-refractivity contribution < 1.29 is 9.18 Å². The van der Waals surface area contributed by atoms with Crippen LogP contribution in [0.25, 0.3) is 49.1 Å². The zero-order valence-electron chi connectivity index (χ0n) is 29.4. The average Bonchev–Trinajstić information content (AvgIpc) is 2.96. The van der Waals surface area contributed by atoms with Gasteiger partial charge in [0.15, 0.2) is 5.78 Å². The van der Waals surface area contributed by atoms with Crippen molar-refractivity contribution in [1.29, 1.82) is 0 Å². The highest BCUT2D eigenvalue weighted by molar-refractivity contribution is 6.19. The highest BCUT2D eigenvalue weighted by Gasteiger charge is 2.27. The summed E-state index contributed by atoms with van der Waals surface area (Å²) in [6.45, 7) is 23.2. The number of halogens is 1. The Morgan fingerprint density at radius 3 is 2.00 bits per heavy atom. The van der Waals surface area contributed by atoms with Crippen molar-refractivity contribution in [2.24, 2.45) is 16.7 Å². The Morgan fingerprint density at radius 2 is 1.35 bits per heavy atom. The first-order valence-corrected chi connectivity index (χ1v) is 16.4. The summed E-state index contributed by atoms with van der Waals surface area (Å²) in [5.74, 6) is -0.181. The van der Waals surface area contributed by atoms with Crippen LogP contribution < -0.4 is 0 Å². The third-order valence-corrected chi connectivity index (χ3v) is 9.17. The minimum Gasteiger partial charge on any atom is -0.294 e. The van der Waals surface area contributed by atoms with E-state index in [0.717, 1.165) is 44.1 Å². The van der Waals surface area contributed by atoms with Crippen LogP contribution >= 0.6 is 0 Å². The molecule has 1 aromatic heterocycles. The molecule has 0 saturated heterocycles. The number of carbonyl (C=O) groups is 1. The number of ketones is 1. The van der Waals surface area contributed by atoms with Gasteiger partial charge >= 0.3 is 0 Å². The van der Waals surface area contributed by atoms with Crippen LogP contribution in [0.4, 0.5) is 4.39 Å². The Bertz CT molecular complexity index is 2040. The Kier molecular flexibility index (Phi) is 8.62. The predicted molar refractivity (Wildman–Crippen MR) is 196 cm³/mol. The Morgan fingerprint density at radius 1 is 0.739 bits per heavy atom. The van der Waals surface area contributed by atoms with Gasteiger partial charge in [0, 0.05) is 22.6 Å². The molecule has 0 N–H and O–H groups in total. The van der Waals surface area contributed by atoms with E-state index < -0.39 is 5.41 Å². The molecule has 0 amide bonds. The number of allylic oxidation sites excluding steroid dienone is 4. The summed E-state index contributed by atoms with van der Waals surface area (Å²) >= 11 is 0. The molecule has 0 fully saturated rings. The van der Waals surface area contributed by atoms with Gasteiger partial charge in [0.1, 0.15) is 5.82 Å². The minimum absolute atomic E-state index is 0.000652. The van der Waals surface area contributed by atoms with Gasteiger partial charge in [0.25, 0.3) is 0 Å². The smallest absolute Gasteiger partial charge is 0.160 e. The maximum Gasteiger partial charge on any atom is 0.160 e. The molecule has 3 heteroatoms. The van der Waals surface area contributed by atoms with Crippen LogP contribution in [-0.2, 0) is 10.2 Å². The quantitative estimate of drug-likeness (QED) is 0.146. The fraction of sp³-hybridized carbons (Fsp3) is 0.349. The average molecular weight is 614 g/mol. The number of nitrogens with zero attached hydrogens (tertiary/aromatic N) is 1. The van der Waals surface area contributed by atoms with Crippen LogP contribution in [0.2, 0.25) is 0 Å². The van der Waals surface area contributed by atoms with E-state index in [9.17, 15) is 9.18 Å². The molecule has 4 aromatic carbocycles. The first-order chi connectivity index (χ1) is 21.4. The Labute approximate surface area is 274 Å². The molecular weight excluding hydrogens is 565 g/mol. The van der Waals surface area contributed by atoms with E-state index in [1.165, 1.54) is 27.8 Å². The fourth-order valence-corrected chi connectivity index (χ4v) is 6.49. The molecule has 1 atom stereocenters. The van der Waals surface area contributed by atoms with Gasteiger partial charge in [-0.3, -0.25) is 9.78 Å². The number of hydrogen-bond donors (Lipinski definition) is 0. The van der Waals surface area contributed by atoms with Crippen LogP contribution in [-0.4, -0.2) is 10.8 Å². The molecule has 5 rings (SSSR count). The molecule has 1 unspecified atom stereocenters. The Balaban J connectivity index is 1.65. The summed E-state index contributed by atoms with van der Waals surface area (Å²) < 4.78 is 14.9. The number of benzene rings is 4. The Hall–Kier alpha value is -4.11. The number of carbonyl (C=O) groups excluding carboxylic acids is 1. The lowest BCUT2D eigenvalue weighted by atomic mass is 9.76. The van der Waals surface area contributed by atoms with E-state index in [2.05, 4.69) is 110 Å². The van der Waals surface area contributed by atoms with Gasteiger partial charge in [-0.15, -0.1) is 0 Å². The van der Waals surface area contributed by atoms with Gasteiger partial charge in [0.2, 0.25) is 0 Å². The number of hydrogen-bond acceptors (Lipinski definition) is 2. The maximum absolute atomic E-state index is 14.9. The van der Waals surface area contributed by atoms with Gasteiger partial charge in [-0.1, -0.05) is 129 Å². The van der Waals surface area contributed by atoms with Crippen LogP contribution in [0.5, 0.6) is 0 Å². The first-order valence-electron chi connectivity index (χ1n) is 16.4. The van der Waals surface area contributed by atoms with Crippen molar-refractivity contribution in [3.8, 4) is 11.3 Å². The zero-order valence-corrected chi connectivity index (χ0v) is 29.4. The lowest BCUT2D eigenvalue weighted by molar-refractivity contribution is -0.121. The van der Waals surface area contributed by atoms with Crippen LogP contribution in [0, 0.1) is 22.6 Å². The van der Waals surface area contributed by atoms with Crippen LogP contribution in [0.15, 0.2) is 90.7 Å². The molecule has 238 valence electrons. The molecule has 0 spiro atoms. The van der Waals surface area contributed by atoms with Gasteiger partial charge in [-0.05, 0) is 91.6 Å². The van der Waals surface area contributed by atoms with Gasteiger partial charge in [-0.2, -0.15) is 0 Å². The molecule has 46 heavy (non-hydrogen) atoms. The zero-order chi connectivity index (χ0) is 33.8. The van der Waals surface area contributed by atoms with E-state index in [-0.39, 0.29) is 28.3 Å². The van der Waals surface area contributed by atoms with Gasteiger partial charge in [-0.25, -0.2) is 4.39 Å². The largest absolute Gasteiger partial charge is 0.294 e. The molecule has 0 saturated carbocycles. The summed E-state index contributed by atoms with van der Waals surface area (Å²) in [5.41, 5.74) is 5.28. The van der Waals surface area contributed by atoms with E-state index in [1.807, 2.05) is 39.1 Å². The summed E-state index contributed by atoms with van der Waals surface area (Å²) in [7, 11) is 0. The van der Waals surface area contributed by atoms with Crippen molar-refractivity contribution in [1.82, 2.24) is 4.98 Å². The second kappa shape index (κ2) is 11.9. The second-order valence-corrected chi connectivity index (χ2v) is 16.0. The minimum atomic E-state index is -0.453. The van der Waals surface area contributed by atoms with Crippen molar-refractivity contribution in [2.45, 2.75) is 81.6 Å². The first kappa shape index (κ1) is 33.3. The van der Waals surface area contributed by atoms with Gasteiger partial charge < -0.3 is 0 Å². The molecule has 0 aliphatic heterocycles. The van der Waals surface area contributed by atoms with E-state index in [0.29, 0.717) is 0 Å². The number of fused-ring (bicyclic) bond motifs is 5. The summed E-state index contributed by atoms with van der Waals surface area (Å²) in [5, 5.41) is 6.87. The normalized spacial score (nSPS) is 14.3. The van der Waals surface area contributed by atoms with E-state index in [4.69, 9.17) is 4.98 Å². The SMILES string of the molecule is C/C(=C\C(C)/C(=C\C(=O)C(C)(C)C)C(C)(C)C)c1ccc(F)cc1-c1nccc2c1ccc1c3ccc(C(C)(C)C)cc3ccc21.